The number of hydrogen-bond acceptors (Lipinski definition) is 8. The molecule has 260 valence electrons. The van der Waals surface area contributed by atoms with Crippen LogP contribution in [-0.4, -0.2) is 92.9 Å². The third kappa shape index (κ3) is 5.81. The number of benzene rings is 1. The summed E-state index contributed by atoms with van der Waals surface area (Å²) in [6.45, 7) is 6.63. The zero-order valence-corrected chi connectivity index (χ0v) is 28.9. The number of rotatable bonds is 3. The summed E-state index contributed by atoms with van der Waals surface area (Å²) in [6, 6.07) is 10.6. The number of aromatic nitrogens is 2. The molecule has 2 N–H and O–H groups in total. The van der Waals surface area contributed by atoms with E-state index in [2.05, 4.69) is 63.3 Å². The zero-order valence-electron chi connectivity index (χ0n) is 28.9. The van der Waals surface area contributed by atoms with Crippen LogP contribution in [0.4, 0.5) is 0 Å². The summed E-state index contributed by atoms with van der Waals surface area (Å²) < 4.78 is 11.8. The molecule has 1 unspecified atom stereocenters. The first kappa shape index (κ1) is 32.7. The van der Waals surface area contributed by atoms with Gasteiger partial charge in [-0.3, -0.25) is 19.5 Å². The van der Waals surface area contributed by atoms with Gasteiger partial charge in [0.25, 0.3) is 0 Å². The Kier molecular flexibility index (Phi) is 8.65. The van der Waals surface area contributed by atoms with E-state index in [0.29, 0.717) is 19.3 Å². The molecule has 8 atom stereocenters. The second kappa shape index (κ2) is 13.0. The van der Waals surface area contributed by atoms with Crippen LogP contribution in [-0.2, 0) is 19.1 Å². The fraction of sp³-hybridized carbons (Fsp3) is 0.575. The molecule has 9 heteroatoms. The molecule has 3 aromatic rings. The molecule has 1 spiro atoms. The van der Waals surface area contributed by atoms with Crippen LogP contribution in [0.25, 0.3) is 27.4 Å². The Morgan fingerprint density at radius 2 is 1.73 bits per heavy atom. The molecule has 5 aliphatic rings. The average molecular weight is 667 g/mol. The normalized spacial score (nSPS) is 35.9. The monoisotopic (exact) mass is 666 g/mol. The van der Waals surface area contributed by atoms with Gasteiger partial charge in [-0.1, -0.05) is 30.4 Å². The Bertz CT molecular complexity index is 1800. The van der Waals surface area contributed by atoms with E-state index >= 15 is 0 Å². The van der Waals surface area contributed by atoms with E-state index in [1.165, 1.54) is 19.2 Å². The predicted molar refractivity (Wildman–Crippen MR) is 190 cm³/mol. The molecule has 1 aliphatic carbocycles. The molecule has 3 fully saturated rings. The summed E-state index contributed by atoms with van der Waals surface area (Å²) in [5.41, 5.74) is 2.72. The Morgan fingerprint density at radius 1 is 0.939 bits per heavy atom. The van der Waals surface area contributed by atoms with Crippen molar-refractivity contribution in [2.75, 3.05) is 26.2 Å². The first-order valence-electron chi connectivity index (χ1n) is 18.6. The Hall–Kier alpha value is -3.53. The number of allylic oxidation sites excluding steroid dienone is 2. The third-order valence-electron chi connectivity index (χ3n) is 12.3. The van der Waals surface area contributed by atoms with Crippen molar-refractivity contribution in [1.29, 1.82) is 0 Å². The first-order chi connectivity index (χ1) is 23.8. The molecule has 1 aromatic carbocycles. The highest BCUT2D eigenvalue weighted by Crippen LogP contribution is 2.62. The van der Waals surface area contributed by atoms with E-state index in [4.69, 9.17) is 14.5 Å². The van der Waals surface area contributed by atoms with Crippen LogP contribution in [0.5, 0.6) is 0 Å². The predicted octanol–water partition coefficient (Wildman–Crippen LogP) is 6.16. The summed E-state index contributed by atoms with van der Waals surface area (Å²) in [4.78, 5) is 38.8. The van der Waals surface area contributed by atoms with Crippen LogP contribution >= 0.6 is 0 Å². The van der Waals surface area contributed by atoms with Crippen molar-refractivity contribution in [3.63, 3.8) is 0 Å². The quantitative estimate of drug-likeness (QED) is 0.253. The number of piperidine rings is 1. The van der Waals surface area contributed by atoms with Crippen molar-refractivity contribution in [2.24, 2.45) is 11.3 Å². The fourth-order valence-electron chi connectivity index (χ4n) is 10.6. The van der Waals surface area contributed by atoms with E-state index in [1.807, 2.05) is 6.20 Å². The minimum absolute atomic E-state index is 0.114. The molecule has 9 nitrogen and oxygen atoms in total. The number of aromatic amines is 1. The number of H-pyrrole nitrogens is 1. The number of aliphatic hydroxyl groups is 1. The van der Waals surface area contributed by atoms with E-state index in [-0.39, 0.29) is 29.4 Å². The standard InChI is InChI=1S/C40H50N4O5/c1-26(45)48-34-14-8-10-20-43-22-17-32-31(36-37-30(16-19-41-36)29-12-6-7-13-33(29)42-37)24-40(47,18-15-35(34)49-27(2)46)38-39(32,25-43)23-28-11-5-3-4-9-21-44(28)38/h5-7,11-13,16,19,24,28,32,34-35,38,42,47H,3-4,8-10,14-15,17-18,20-23,25H2,1-2H3/b11-5-/t28-,32-,34+,35-,38+,39-,40-/m0/s1. The van der Waals surface area contributed by atoms with Crippen molar-refractivity contribution in [2.45, 2.75) is 108 Å². The Balaban J connectivity index is 1.32. The van der Waals surface area contributed by atoms with Crippen molar-refractivity contribution in [3.8, 4) is 0 Å². The van der Waals surface area contributed by atoms with Crippen LogP contribution in [0, 0.1) is 11.3 Å². The summed E-state index contributed by atoms with van der Waals surface area (Å²) in [5, 5.41) is 15.8. The lowest BCUT2D eigenvalue weighted by Gasteiger charge is -2.58. The number of ether oxygens (including phenoxy) is 2. The van der Waals surface area contributed by atoms with Gasteiger partial charge in [-0.05, 0) is 114 Å². The number of para-hydroxylation sites is 1. The number of pyridine rings is 1. The molecule has 6 heterocycles. The summed E-state index contributed by atoms with van der Waals surface area (Å²) in [7, 11) is 0. The lowest BCUT2D eigenvalue weighted by atomic mass is 9.54. The molecular formula is C40H50N4O5. The number of esters is 2. The Morgan fingerprint density at radius 3 is 2.57 bits per heavy atom. The SMILES string of the molecule is CC(=O)O[C@H]1CC[C@]2(O)C=C(c3nccc4c3[nH]c3ccccc34)[C@@H]3CCN(CCCC[C@H]1OC(C)=O)C[C@@]31C[C@@H]3/C=C\CCCCN3[C@H]12. The second-order valence-electron chi connectivity index (χ2n) is 15.4. The third-order valence-corrected chi connectivity index (χ3v) is 12.3. The van der Waals surface area contributed by atoms with Gasteiger partial charge in [-0.25, -0.2) is 0 Å². The molecule has 3 saturated heterocycles. The van der Waals surface area contributed by atoms with Gasteiger partial charge in [0.2, 0.25) is 0 Å². The average Bonchev–Trinajstić information content (AvgIpc) is 3.59. The van der Waals surface area contributed by atoms with Gasteiger partial charge in [0.15, 0.2) is 0 Å². The summed E-state index contributed by atoms with van der Waals surface area (Å²) >= 11 is 0. The van der Waals surface area contributed by atoms with Crippen molar-refractivity contribution < 1.29 is 24.2 Å². The fourth-order valence-corrected chi connectivity index (χ4v) is 10.6. The maximum absolute atomic E-state index is 13.5. The van der Waals surface area contributed by atoms with Crippen LogP contribution in [0.15, 0.2) is 54.8 Å². The number of nitrogens with one attached hydrogen (secondary N) is 1. The second-order valence-corrected chi connectivity index (χ2v) is 15.4. The molecule has 4 aliphatic heterocycles. The van der Waals surface area contributed by atoms with Gasteiger partial charge in [-0.2, -0.15) is 0 Å². The molecule has 3 bridgehead atoms. The lowest BCUT2D eigenvalue weighted by Crippen LogP contribution is -2.65. The highest BCUT2D eigenvalue weighted by Gasteiger charge is 2.66. The molecule has 0 saturated carbocycles. The number of fused-ring (bicyclic) bond motifs is 5. The van der Waals surface area contributed by atoms with Gasteiger partial charge in [0, 0.05) is 54.3 Å². The topological polar surface area (TPSA) is 108 Å². The summed E-state index contributed by atoms with van der Waals surface area (Å²) in [5.74, 6) is -0.556. The van der Waals surface area contributed by atoms with Gasteiger partial charge >= 0.3 is 11.9 Å². The molecule has 8 rings (SSSR count). The van der Waals surface area contributed by atoms with Gasteiger partial charge < -0.3 is 24.5 Å². The van der Waals surface area contributed by atoms with Crippen LogP contribution in [0.2, 0.25) is 0 Å². The van der Waals surface area contributed by atoms with Crippen molar-refractivity contribution >= 4 is 39.3 Å². The zero-order chi connectivity index (χ0) is 33.8. The highest BCUT2D eigenvalue weighted by molar-refractivity contribution is 6.09. The van der Waals surface area contributed by atoms with E-state index < -0.39 is 23.8 Å². The number of hydrogen-bond donors (Lipinski definition) is 2. The van der Waals surface area contributed by atoms with Crippen LogP contribution in [0.1, 0.15) is 83.7 Å². The minimum atomic E-state index is -1.24. The van der Waals surface area contributed by atoms with Crippen molar-refractivity contribution in [1.82, 2.24) is 19.8 Å². The number of carbonyl (C=O) groups excluding carboxylic acids is 2. The molecule has 2 aromatic heterocycles. The summed E-state index contributed by atoms with van der Waals surface area (Å²) in [6.07, 6.45) is 16.2. The van der Waals surface area contributed by atoms with Gasteiger partial charge in [0.1, 0.15) is 12.2 Å². The van der Waals surface area contributed by atoms with Crippen molar-refractivity contribution in [3.05, 3.63) is 60.5 Å². The van der Waals surface area contributed by atoms with Crippen LogP contribution < -0.4 is 0 Å². The number of carbonyl (C=O) groups is 2. The van der Waals surface area contributed by atoms with E-state index in [9.17, 15) is 14.7 Å². The lowest BCUT2D eigenvalue weighted by molar-refractivity contribution is -0.168. The van der Waals surface area contributed by atoms with Gasteiger partial charge in [-0.15, -0.1) is 0 Å². The number of nitrogens with zero attached hydrogens (tertiary/aromatic N) is 3. The Labute approximate surface area is 288 Å². The van der Waals surface area contributed by atoms with Gasteiger partial charge in [0.05, 0.1) is 22.9 Å². The van der Waals surface area contributed by atoms with E-state index in [0.717, 1.165) is 98.8 Å². The minimum Gasteiger partial charge on any atom is -0.459 e. The maximum atomic E-state index is 13.5. The highest BCUT2D eigenvalue weighted by atomic mass is 16.6. The smallest absolute Gasteiger partial charge is 0.303 e. The largest absolute Gasteiger partial charge is 0.459 e. The van der Waals surface area contributed by atoms with Crippen LogP contribution in [0.3, 0.4) is 0 Å². The first-order valence-corrected chi connectivity index (χ1v) is 18.6. The maximum Gasteiger partial charge on any atom is 0.303 e. The van der Waals surface area contributed by atoms with E-state index in [1.54, 1.807) is 0 Å². The molecule has 0 radical (unpaired) electrons. The molecule has 0 amide bonds. The molecule has 49 heavy (non-hydrogen) atoms. The molecular weight excluding hydrogens is 616 g/mol.